The van der Waals surface area contributed by atoms with E-state index in [-0.39, 0.29) is 11.1 Å². The van der Waals surface area contributed by atoms with Crippen molar-refractivity contribution in [3.63, 3.8) is 0 Å². The molecule has 1 atom stereocenters. The van der Waals surface area contributed by atoms with Gasteiger partial charge in [-0.2, -0.15) is 13.2 Å². The van der Waals surface area contributed by atoms with Crippen molar-refractivity contribution < 1.29 is 32.8 Å². The maximum atomic E-state index is 12.8. The van der Waals surface area contributed by atoms with Crippen LogP contribution in [-0.2, 0) is 10.8 Å². The monoisotopic (exact) mass is 322 g/mol. The molecule has 2 N–H and O–H groups in total. The van der Waals surface area contributed by atoms with Crippen molar-refractivity contribution in [2.75, 3.05) is 0 Å². The zero-order valence-electron chi connectivity index (χ0n) is 11.5. The molecule has 0 radical (unpaired) electrons. The van der Waals surface area contributed by atoms with Gasteiger partial charge in [0, 0.05) is 0 Å². The second-order valence-corrected chi connectivity index (χ2v) is 5.14. The zero-order valence-corrected chi connectivity index (χ0v) is 11.5. The van der Waals surface area contributed by atoms with Gasteiger partial charge in [0.1, 0.15) is 0 Å². The summed E-state index contributed by atoms with van der Waals surface area (Å²) >= 11 is 0. The van der Waals surface area contributed by atoms with Gasteiger partial charge in [-0.05, 0) is 40.9 Å². The minimum atomic E-state index is -4.50. The lowest BCUT2D eigenvalue weighted by molar-refractivity contribution is -0.137. The Hall–Kier alpha value is -2.32. The van der Waals surface area contributed by atoms with E-state index in [0.717, 1.165) is 12.1 Å². The number of carboxylic acid groups (broad SMARTS) is 1. The van der Waals surface area contributed by atoms with E-state index in [1.165, 1.54) is 30.3 Å². The number of carboxylic acids is 1. The van der Waals surface area contributed by atoms with Crippen LogP contribution in [0.1, 0.15) is 33.2 Å². The van der Waals surface area contributed by atoms with Crippen molar-refractivity contribution in [2.45, 2.75) is 12.3 Å². The van der Waals surface area contributed by atoms with Gasteiger partial charge in [-0.15, -0.1) is 0 Å². The van der Waals surface area contributed by atoms with Crippen LogP contribution >= 0.6 is 0 Å². The van der Waals surface area contributed by atoms with Crippen LogP contribution in [0, 0.1) is 0 Å². The normalized spacial score (nSPS) is 17.2. The lowest BCUT2D eigenvalue weighted by atomic mass is 9.78. The quantitative estimate of drug-likeness (QED) is 0.832. The Morgan fingerprint density at radius 3 is 2.57 bits per heavy atom. The standard InChI is InChI=1S/C15H10BF3O4/c17-15(18,19)10-3-1-2-8(6-10)13-11-7-9(14(20)21)4-5-12(11)16(22)23-13/h1-7,13,22H,(H,20,21). The Labute approximate surface area is 129 Å². The lowest BCUT2D eigenvalue weighted by Crippen LogP contribution is -2.28. The molecule has 4 nitrogen and oxygen atoms in total. The molecule has 0 aromatic heterocycles. The van der Waals surface area contributed by atoms with Crippen molar-refractivity contribution in [1.82, 2.24) is 0 Å². The number of hydrogen-bond acceptors (Lipinski definition) is 3. The first-order valence-electron chi connectivity index (χ1n) is 6.65. The first kappa shape index (κ1) is 15.6. The average molecular weight is 322 g/mol. The summed E-state index contributed by atoms with van der Waals surface area (Å²) in [5, 5.41) is 18.9. The van der Waals surface area contributed by atoms with Gasteiger partial charge in [0.2, 0.25) is 0 Å². The fourth-order valence-corrected chi connectivity index (χ4v) is 2.57. The van der Waals surface area contributed by atoms with E-state index < -0.39 is 30.9 Å². The molecule has 118 valence electrons. The van der Waals surface area contributed by atoms with Crippen LogP contribution in [0.2, 0.25) is 0 Å². The van der Waals surface area contributed by atoms with Crippen LogP contribution in [0.5, 0.6) is 0 Å². The number of carbonyl (C=O) groups is 1. The minimum Gasteiger partial charge on any atom is -0.478 e. The highest BCUT2D eigenvalue weighted by molar-refractivity contribution is 6.61. The minimum absolute atomic E-state index is 0.0292. The second kappa shape index (κ2) is 5.40. The molecule has 0 bridgehead atoms. The van der Waals surface area contributed by atoms with Crippen LogP contribution in [0.15, 0.2) is 42.5 Å². The molecule has 0 saturated carbocycles. The fourth-order valence-electron chi connectivity index (χ4n) is 2.57. The third-order valence-electron chi connectivity index (χ3n) is 3.66. The molecule has 0 saturated heterocycles. The molecule has 1 aliphatic heterocycles. The number of benzene rings is 2. The van der Waals surface area contributed by atoms with Crippen molar-refractivity contribution >= 4 is 18.6 Å². The molecule has 0 amide bonds. The topological polar surface area (TPSA) is 66.8 Å². The number of hydrogen-bond donors (Lipinski definition) is 2. The molecule has 1 heterocycles. The molecule has 0 fully saturated rings. The van der Waals surface area contributed by atoms with E-state index in [2.05, 4.69) is 0 Å². The number of rotatable bonds is 2. The third kappa shape index (κ3) is 2.82. The van der Waals surface area contributed by atoms with Crippen molar-refractivity contribution in [3.8, 4) is 0 Å². The first-order valence-corrected chi connectivity index (χ1v) is 6.65. The maximum Gasteiger partial charge on any atom is 0.492 e. The molecule has 2 aromatic carbocycles. The Kier molecular flexibility index (Phi) is 3.65. The fraction of sp³-hybridized carbons (Fsp3) is 0.133. The van der Waals surface area contributed by atoms with Gasteiger partial charge in [0.25, 0.3) is 0 Å². The van der Waals surface area contributed by atoms with E-state index in [9.17, 15) is 23.0 Å². The van der Waals surface area contributed by atoms with Crippen LogP contribution in [0.3, 0.4) is 0 Å². The van der Waals surface area contributed by atoms with Gasteiger partial charge < -0.3 is 14.8 Å². The van der Waals surface area contributed by atoms with E-state index in [1.54, 1.807) is 0 Å². The van der Waals surface area contributed by atoms with E-state index in [1.807, 2.05) is 0 Å². The molecule has 2 aromatic rings. The number of aromatic carboxylic acids is 1. The molecule has 23 heavy (non-hydrogen) atoms. The highest BCUT2D eigenvalue weighted by atomic mass is 19.4. The highest BCUT2D eigenvalue weighted by Crippen LogP contribution is 2.35. The predicted molar refractivity (Wildman–Crippen MR) is 75.4 cm³/mol. The third-order valence-corrected chi connectivity index (χ3v) is 3.66. The maximum absolute atomic E-state index is 12.8. The van der Waals surface area contributed by atoms with Crippen LogP contribution in [-0.4, -0.2) is 23.2 Å². The summed E-state index contributed by atoms with van der Waals surface area (Å²) in [6, 6.07) is 8.56. The molecular formula is C15H10BF3O4. The van der Waals surface area contributed by atoms with Gasteiger partial charge in [0.05, 0.1) is 17.2 Å². The predicted octanol–water partition coefficient (Wildman–Crippen LogP) is 2.21. The van der Waals surface area contributed by atoms with Gasteiger partial charge in [-0.25, -0.2) is 4.79 Å². The Balaban J connectivity index is 2.07. The molecule has 8 heteroatoms. The molecule has 1 aliphatic rings. The van der Waals surface area contributed by atoms with Crippen molar-refractivity contribution in [3.05, 3.63) is 64.7 Å². The summed E-state index contributed by atoms with van der Waals surface area (Å²) in [5.74, 6) is -1.17. The largest absolute Gasteiger partial charge is 0.492 e. The summed E-state index contributed by atoms with van der Waals surface area (Å²) in [5.41, 5.74) is 0.0173. The Morgan fingerprint density at radius 2 is 1.91 bits per heavy atom. The second-order valence-electron chi connectivity index (χ2n) is 5.14. The molecule has 1 unspecified atom stereocenters. The zero-order chi connectivity index (χ0) is 16.8. The Morgan fingerprint density at radius 1 is 1.17 bits per heavy atom. The summed E-state index contributed by atoms with van der Waals surface area (Å²) in [6.07, 6.45) is -5.46. The molecule has 0 aliphatic carbocycles. The summed E-state index contributed by atoms with van der Waals surface area (Å²) in [7, 11) is -1.31. The summed E-state index contributed by atoms with van der Waals surface area (Å²) in [4.78, 5) is 11.1. The first-order chi connectivity index (χ1) is 10.8. The van der Waals surface area contributed by atoms with Gasteiger partial charge in [0.15, 0.2) is 0 Å². The van der Waals surface area contributed by atoms with Gasteiger partial charge in [-0.1, -0.05) is 18.2 Å². The van der Waals surface area contributed by atoms with Gasteiger partial charge in [-0.3, -0.25) is 0 Å². The SMILES string of the molecule is O=C(O)c1ccc2c(c1)C(c1cccc(C(F)(F)F)c1)OB2O. The summed E-state index contributed by atoms with van der Waals surface area (Å²) < 4.78 is 43.8. The van der Waals surface area contributed by atoms with Crippen LogP contribution in [0.4, 0.5) is 13.2 Å². The number of fused-ring (bicyclic) bond motifs is 1. The van der Waals surface area contributed by atoms with E-state index in [4.69, 9.17) is 9.76 Å². The van der Waals surface area contributed by atoms with Crippen LogP contribution < -0.4 is 5.46 Å². The van der Waals surface area contributed by atoms with Crippen molar-refractivity contribution in [2.24, 2.45) is 0 Å². The molecular weight excluding hydrogens is 312 g/mol. The average Bonchev–Trinajstić information content (AvgIpc) is 2.83. The smallest absolute Gasteiger partial charge is 0.478 e. The highest BCUT2D eigenvalue weighted by Gasteiger charge is 2.38. The number of halogens is 3. The molecule has 3 rings (SSSR count). The molecule has 0 spiro atoms. The van der Waals surface area contributed by atoms with Gasteiger partial charge >= 0.3 is 19.3 Å². The van der Waals surface area contributed by atoms with E-state index >= 15 is 0 Å². The lowest BCUT2D eigenvalue weighted by Gasteiger charge is -2.15. The Bertz CT molecular complexity index is 776. The number of alkyl halides is 3. The summed E-state index contributed by atoms with van der Waals surface area (Å²) in [6.45, 7) is 0. The van der Waals surface area contributed by atoms with E-state index in [0.29, 0.717) is 11.0 Å². The van der Waals surface area contributed by atoms with Crippen molar-refractivity contribution in [1.29, 1.82) is 0 Å². The van der Waals surface area contributed by atoms with Crippen LogP contribution in [0.25, 0.3) is 0 Å².